The summed E-state index contributed by atoms with van der Waals surface area (Å²) in [6.07, 6.45) is 3.35. The number of nitrogens with one attached hydrogen (secondary N) is 1. The van der Waals surface area contributed by atoms with E-state index in [1.165, 1.54) is 12.8 Å². The first kappa shape index (κ1) is 13.9. The second-order valence-corrected chi connectivity index (χ2v) is 5.79. The van der Waals surface area contributed by atoms with Crippen LogP contribution in [-0.4, -0.2) is 28.9 Å². The zero-order valence-electron chi connectivity index (χ0n) is 12.3. The molecular weight excluding hydrogens is 264 g/mol. The summed E-state index contributed by atoms with van der Waals surface area (Å²) in [5.41, 5.74) is 0.201. The first-order valence-corrected chi connectivity index (χ1v) is 7.60. The van der Waals surface area contributed by atoms with Crippen molar-refractivity contribution in [1.29, 1.82) is 0 Å². The van der Waals surface area contributed by atoms with Gasteiger partial charge < -0.3 is 9.88 Å². The van der Waals surface area contributed by atoms with Crippen molar-refractivity contribution in [3.8, 4) is 0 Å². The van der Waals surface area contributed by atoms with Gasteiger partial charge in [0.1, 0.15) is 5.69 Å². The van der Waals surface area contributed by atoms with Gasteiger partial charge in [-0.1, -0.05) is 25.1 Å². The summed E-state index contributed by atoms with van der Waals surface area (Å²) in [5, 5.41) is 1.44. The third kappa shape index (κ3) is 2.99. The third-order valence-electron chi connectivity index (χ3n) is 3.94. The van der Waals surface area contributed by atoms with Gasteiger partial charge in [-0.2, -0.15) is 0 Å². The number of H-pyrrole nitrogens is 1. The SMILES string of the molecule is CCCN(CC1CC1)C(=O)c1cc2ccccc2c(=O)[nH]1. The Morgan fingerprint density at radius 3 is 2.81 bits per heavy atom. The minimum absolute atomic E-state index is 0.0633. The normalized spacial score (nSPS) is 14.3. The Hall–Kier alpha value is -2.10. The van der Waals surface area contributed by atoms with E-state index in [-0.39, 0.29) is 11.5 Å². The molecule has 0 radical (unpaired) electrons. The highest BCUT2D eigenvalue weighted by Crippen LogP contribution is 2.30. The topological polar surface area (TPSA) is 53.2 Å². The van der Waals surface area contributed by atoms with Gasteiger partial charge >= 0.3 is 0 Å². The molecule has 1 heterocycles. The van der Waals surface area contributed by atoms with Crippen LogP contribution in [0.1, 0.15) is 36.7 Å². The number of carbonyl (C=O) groups is 1. The molecule has 0 bridgehead atoms. The molecule has 21 heavy (non-hydrogen) atoms. The molecular formula is C17H20N2O2. The van der Waals surface area contributed by atoms with E-state index in [0.717, 1.165) is 24.9 Å². The smallest absolute Gasteiger partial charge is 0.270 e. The molecule has 1 saturated carbocycles. The molecule has 0 aliphatic heterocycles. The predicted octanol–water partition coefficient (Wildman–Crippen LogP) is 2.79. The molecule has 1 amide bonds. The van der Waals surface area contributed by atoms with Gasteiger partial charge in [-0.05, 0) is 42.7 Å². The second kappa shape index (κ2) is 5.72. The van der Waals surface area contributed by atoms with E-state index < -0.39 is 0 Å². The summed E-state index contributed by atoms with van der Waals surface area (Å²) in [6, 6.07) is 9.14. The fourth-order valence-electron chi connectivity index (χ4n) is 2.65. The predicted molar refractivity (Wildman–Crippen MR) is 83.5 cm³/mol. The zero-order chi connectivity index (χ0) is 14.8. The molecule has 110 valence electrons. The number of aromatic amines is 1. The molecule has 1 aliphatic carbocycles. The van der Waals surface area contributed by atoms with E-state index in [1.54, 1.807) is 12.1 Å². The first-order valence-electron chi connectivity index (χ1n) is 7.60. The molecule has 1 N–H and O–H groups in total. The van der Waals surface area contributed by atoms with Gasteiger partial charge in [0.2, 0.25) is 0 Å². The minimum Gasteiger partial charge on any atom is -0.337 e. The zero-order valence-corrected chi connectivity index (χ0v) is 12.3. The van der Waals surface area contributed by atoms with Crippen LogP contribution in [0.3, 0.4) is 0 Å². The molecule has 2 aromatic rings. The van der Waals surface area contributed by atoms with E-state index in [1.807, 2.05) is 23.1 Å². The van der Waals surface area contributed by atoms with Gasteiger partial charge in [0.05, 0.1) is 0 Å². The van der Waals surface area contributed by atoms with Crippen LogP contribution in [0, 0.1) is 5.92 Å². The van der Waals surface area contributed by atoms with Crippen molar-refractivity contribution in [2.24, 2.45) is 5.92 Å². The summed E-state index contributed by atoms with van der Waals surface area (Å²) < 4.78 is 0. The number of aromatic nitrogens is 1. The van der Waals surface area contributed by atoms with Crippen molar-refractivity contribution >= 4 is 16.7 Å². The lowest BCUT2D eigenvalue weighted by Gasteiger charge is -2.22. The summed E-state index contributed by atoms with van der Waals surface area (Å²) in [5.74, 6) is 0.583. The van der Waals surface area contributed by atoms with Gasteiger partial charge in [-0.3, -0.25) is 9.59 Å². The van der Waals surface area contributed by atoms with Gasteiger partial charge in [0.15, 0.2) is 0 Å². The van der Waals surface area contributed by atoms with Crippen LogP contribution < -0.4 is 5.56 Å². The molecule has 1 aromatic carbocycles. The lowest BCUT2D eigenvalue weighted by molar-refractivity contribution is 0.0742. The maximum Gasteiger partial charge on any atom is 0.270 e. The fourth-order valence-corrected chi connectivity index (χ4v) is 2.65. The average molecular weight is 284 g/mol. The van der Waals surface area contributed by atoms with Crippen molar-refractivity contribution in [2.45, 2.75) is 26.2 Å². The summed E-state index contributed by atoms with van der Waals surface area (Å²) in [7, 11) is 0. The Kier molecular flexibility index (Phi) is 3.78. The third-order valence-corrected chi connectivity index (χ3v) is 3.94. The number of rotatable bonds is 5. The second-order valence-electron chi connectivity index (χ2n) is 5.79. The number of nitrogens with zero attached hydrogens (tertiary/aromatic N) is 1. The summed E-state index contributed by atoms with van der Waals surface area (Å²) in [6.45, 7) is 3.61. The standard InChI is InChI=1S/C17H20N2O2/c1-2-9-19(11-12-7-8-12)17(21)15-10-13-5-3-4-6-14(13)16(20)18-15/h3-6,10,12H,2,7-9,11H2,1H3,(H,18,20). The Labute approximate surface area is 123 Å². The van der Waals surface area contributed by atoms with Crippen LogP contribution in [0.15, 0.2) is 35.1 Å². The van der Waals surface area contributed by atoms with Crippen LogP contribution in [0.25, 0.3) is 10.8 Å². The number of pyridine rings is 1. The monoisotopic (exact) mass is 284 g/mol. The van der Waals surface area contributed by atoms with Gasteiger partial charge in [-0.15, -0.1) is 0 Å². The molecule has 0 saturated heterocycles. The Morgan fingerprint density at radius 1 is 1.33 bits per heavy atom. The number of carbonyl (C=O) groups excluding carboxylic acids is 1. The molecule has 1 fully saturated rings. The molecule has 1 aliphatic rings. The Balaban J connectivity index is 1.93. The molecule has 4 heteroatoms. The lowest BCUT2D eigenvalue weighted by atomic mass is 10.1. The number of amides is 1. The maximum atomic E-state index is 12.6. The number of hydrogen-bond acceptors (Lipinski definition) is 2. The maximum absolute atomic E-state index is 12.6. The summed E-state index contributed by atoms with van der Waals surface area (Å²) in [4.78, 5) is 29.4. The fraction of sp³-hybridized carbons (Fsp3) is 0.412. The van der Waals surface area contributed by atoms with Crippen LogP contribution >= 0.6 is 0 Å². The van der Waals surface area contributed by atoms with Crippen molar-refractivity contribution in [3.63, 3.8) is 0 Å². The van der Waals surface area contributed by atoms with Gasteiger partial charge in [0.25, 0.3) is 11.5 Å². The van der Waals surface area contributed by atoms with Crippen molar-refractivity contribution in [1.82, 2.24) is 9.88 Å². The average Bonchev–Trinajstić information content (AvgIpc) is 3.30. The molecule has 0 unspecified atom stereocenters. The molecule has 0 atom stereocenters. The molecule has 1 aromatic heterocycles. The molecule has 4 nitrogen and oxygen atoms in total. The Bertz CT molecular complexity index is 716. The minimum atomic E-state index is -0.195. The van der Waals surface area contributed by atoms with Gasteiger partial charge in [0, 0.05) is 18.5 Å². The van der Waals surface area contributed by atoms with E-state index >= 15 is 0 Å². The van der Waals surface area contributed by atoms with Crippen molar-refractivity contribution in [2.75, 3.05) is 13.1 Å². The highest BCUT2D eigenvalue weighted by atomic mass is 16.2. The number of hydrogen-bond donors (Lipinski definition) is 1. The van der Waals surface area contributed by atoms with Crippen LogP contribution in [-0.2, 0) is 0 Å². The number of fused-ring (bicyclic) bond motifs is 1. The molecule has 3 rings (SSSR count). The van der Waals surface area contributed by atoms with E-state index in [4.69, 9.17) is 0 Å². The van der Waals surface area contributed by atoms with Crippen molar-refractivity contribution in [3.05, 3.63) is 46.4 Å². The van der Waals surface area contributed by atoms with Crippen LogP contribution in [0.4, 0.5) is 0 Å². The Morgan fingerprint density at radius 2 is 2.10 bits per heavy atom. The van der Waals surface area contributed by atoms with Crippen LogP contribution in [0.2, 0.25) is 0 Å². The van der Waals surface area contributed by atoms with E-state index in [2.05, 4.69) is 11.9 Å². The van der Waals surface area contributed by atoms with E-state index in [9.17, 15) is 9.59 Å². The van der Waals surface area contributed by atoms with Crippen molar-refractivity contribution < 1.29 is 4.79 Å². The van der Waals surface area contributed by atoms with Gasteiger partial charge in [-0.25, -0.2) is 0 Å². The van der Waals surface area contributed by atoms with E-state index in [0.29, 0.717) is 17.0 Å². The quantitative estimate of drug-likeness (QED) is 0.918. The highest BCUT2D eigenvalue weighted by Gasteiger charge is 2.27. The number of benzene rings is 1. The largest absolute Gasteiger partial charge is 0.337 e. The molecule has 0 spiro atoms. The summed E-state index contributed by atoms with van der Waals surface area (Å²) >= 11 is 0. The highest BCUT2D eigenvalue weighted by molar-refractivity contribution is 5.96. The van der Waals surface area contributed by atoms with Crippen LogP contribution in [0.5, 0.6) is 0 Å². The lowest BCUT2D eigenvalue weighted by Crippen LogP contribution is -2.35. The first-order chi connectivity index (χ1) is 10.2.